The van der Waals surface area contributed by atoms with Crippen molar-refractivity contribution in [1.82, 2.24) is 4.98 Å². The van der Waals surface area contributed by atoms with Crippen molar-refractivity contribution in [3.63, 3.8) is 0 Å². The first-order valence-electron chi connectivity index (χ1n) is 3.86. The molecule has 0 saturated heterocycles. The zero-order valence-corrected chi connectivity index (χ0v) is 8.20. The maximum absolute atomic E-state index is 10.8. The van der Waals surface area contributed by atoms with Gasteiger partial charge >= 0.3 is 0 Å². The molecule has 1 heterocycles. The van der Waals surface area contributed by atoms with Crippen LogP contribution < -0.4 is 15.6 Å². The minimum atomic E-state index is -3.68. The SMILES string of the molecule is NCCOc1ccc(S(N)(=O)=O)cn1. The minimum Gasteiger partial charge on any atom is -0.476 e. The van der Waals surface area contributed by atoms with Gasteiger partial charge in [0.05, 0.1) is 6.20 Å². The first-order valence-corrected chi connectivity index (χ1v) is 5.40. The molecule has 0 saturated carbocycles. The molecular formula is C7H11N3O3S. The van der Waals surface area contributed by atoms with Gasteiger partial charge in [-0.15, -0.1) is 0 Å². The van der Waals surface area contributed by atoms with Crippen molar-refractivity contribution in [2.24, 2.45) is 10.9 Å². The maximum atomic E-state index is 10.8. The molecule has 0 radical (unpaired) electrons. The number of nitrogens with two attached hydrogens (primary N) is 2. The standard InChI is InChI=1S/C7H11N3O3S/c8-3-4-13-7-2-1-6(5-10-7)14(9,11)12/h1-2,5H,3-4,8H2,(H2,9,11,12). The van der Waals surface area contributed by atoms with Gasteiger partial charge < -0.3 is 10.5 Å². The van der Waals surface area contributed by atoms with Crippen molar-refractivity contribution in [2.75, 3.05) is 13.2 Å². The van der Waals surface area contributed by atoms with Gasteiger partial charge in [-0.3, -0.25) is 0 Å². The second-order valence-electron chi connectivity index (χ2n) is 2.51. The van der Waals surface area contributed by atoms with E-state index < -0.39 is 10.0 Å². The van der Waals surface area contributed by atoms with E-state index in [1.54, 1.807) is 0 Å². The zero-order valence-electron chi connectivity index (χ0n) is 7.38. The van der Waals surface area contributed by atoms with Crippen LogP contribution in [0.4, 0.5) is 0 Å². The highest BCUT2D eigenvalue weighted by Gasteiger charge is 2.07. The Morgan fingerprint density at radius 2 is 2.14 bits per heavy atom. The number of rotatable bonds is 4. The first kappa shape index (κ1) is 10.9. The summed E-state index contributed by atoms with van der Waals surface area (Å²) in [5.74, 6) is 0.322. The molecule has 0 fully saturated rings. The predicted molar refractivity (Wildman–Crippen MR) is 50.2 cm³/mol. The lowest BCUT2D eigenvalue weighted by molar-refractivity contribution is 0.315. The van der Waals surface area contributed by atoms with E-state index in [4.69, 9.17) is 15.6 Å². The average Bonchev–Trinajstić information content (AvgIpc) is 2.14. The Labute approximate surface area is 81.9 Å². The summed E-state index contributed by atoms with van der Waals surface area (Å²) >= 11 is 0. The molecule has 78 valence electrons. The first-order chi connectivity index (χ1) is 6.54. The normalized spacial score (nSPS) is 11.3. The molecule has 6 nitrogen and oxygen atoms in total. The third-order valence-corrected chi connectivity index (χ3v) is 2.30. The lowest BCUT2D eigenvalue weighted by atomic mass is 10.5. The quantitative estimate of drug-likeness (QED) is 0.677. The predicted octanol–water partition coefficient (Wildman–Crippen LogP) is -0.933. The van der Waals surface area contributed by atoms with E-state index in [0.29, 0.717) is 19.0 Å². The van der Waals surface area contributed by atoms with Crippen LogP contribution in [0.3, 0.4) is 0 Å². The lowest BCUT2D eigenvalue weighted by Crippen LogP contribution is -2.13. The van der Waals surface area contributed by atoms with Gasteiger partial charge in [0.25, 0.3) is 0 Å². The van der Waals surface area contributed by atoms with Gasteiger partial charge in [-0.1, -0.05) is 0 Å². The Morgan fingerprint density at radius 1 is 1.43 bits per heavy atom. The summed E-state index contributed by atoms with van der Waals surface area (Å²) in [5.41, 5.74) is 5.21. The molecule has 7 heteroatoms. The number of aromatic nitrogens is 1. The Kier molecular flexibility index (Phi) is 3.39. The summed E-state index contributed by atoms with van der Waals surface area (Å²) in [6.45, 7) is 0.709. The highest BCUT2D eigenvalue weighted by atomic mass is 32.2. The van der Waals surface area contributed by atoms with Crippen molar-refractivity contribution >= 4 is 10.0 Å². The molecule has 14 heavy (non-hydrogen) atoms. The number of sulfonamides is 1. The topological polar surface area (TPSA) is 108 Å². The smallest absolute Gasteiger partial charge is 0.239 e. The lowest BCUT2D eigenvalue weighted by Gasteiger charge is -2.03. The number of ether oxygens (including phenoxy) is 1. The molecule has 0 amide bonds. The van der Waals surface area contributed by atoms with Crippen molar-refractivity contribution in [1.29, 1.82) is 0 Å². The molecule has 0 aliphatic heterocycles. The van der Waals surface area contributed by atoms with Crippen LogP contribution in [0, 0.1) is 0 Å². The molecule has 1 aromatic rings. The van der Waals surface area contributed by atoms with Crippen molar-refractivity contribution in [3.05, 3.63) is 18.3 Å². The summed E-state index contributed by atoms with van der Waals surface area (Å²) in [4.78, 5) is 3.70. The van der Waals surface area contributed by atoms with Crippen LogP contribution in [0.25, 0.3) is 0 Å². The maximum Gasteiger partial charge on any atom is 0.239 e. The fraction of sp³-hybridized carbons (Fsp3) is 0.286. The summed E-state index contributed by atoms with van der Waals surface area (Å²) in [6, 6.07) is 2.75. The highest BCUT2D eigenvalue weighted by Crippen LogP contribution is 2.10. The summed E-state index contributed by atoms with van der Waals surface area (Å²) in [7, 11) is -3.68. The second-order valence-corrected chi connectivity index (χ2v) is 4.08. The van der Waals surface area contributed by atoms with E-state index in [0.717, 1.165) is 6.20 Å². The van der Waals surface area contributed by atoms with Crippen LogP contribution in [-0.2, 0) is 10.0 Å². The van der Waals surface area contributed by atoms with Crippen LogP contribution in [0.5, 0.6) is 5.88 Å². The zero-order chi connectivity index (χ0) is 10.6. The molecule has 1 aromatic heterocycles. The molecule has 0 atom stereocenters. The Balaban J connectivity index is 2.79. The van der Waals surface area contributed by atoms with Crippen molar-refractivity contribution in [2.45, 2.75) is 4.90 Å². The monoisotopic (exact) mass is 217 g/mol. The fourth-order valence-electron chi connectivity index (χ4n) is 0.784. The van der Waals surface area contributed by atoms with Crippen LogP contribution in [0.15, 0.2) is 23.2 Å². The number of nitrogens with zero attached hydrogens (tertiary/aromatic N) is 1. The van der Waals surface area contributed by atoms with Gasteiger partial charge in [-0.05, 0) is 6.07 Å². The third kappa shape index (κ3) is 2.95. The van der Waals surface area contributed by atoms with E-state index in [1.165, 1.54) is 12.1 Å². The molecule has 0 aliphatic carbocycles. The van der Waals surface area contributed by atoms with E-state index >= 15 is 0 Å². The Hall–Kier alpha value is -1.18. The van der Waals surface area contributed by atoms with E-state index in [1.807, 2.05) is 0 Å². The van der Waals surface area contributed by atoms with Gasteiger partial charge in [-0.25, -0.2) is 18.5 Å². The van der Waals surface area contributed by atoms with Crippen LogP contribution >= 0.6 is 0 Å². The molecular weight excluding hydrogens is 206 g/mol. The van der Waals surface area contributed by atoms with Gasteiger partial charge in [0.1, 0.15) is 11.5 Å². The number of hydrogen-bond acceptors (Lipinski definition) is 5. The molecule has 0 unspecified atom stereocenters. The van der Waals surface area contributed by atoms with E-state index in [2.05, 4.69) is 4.98 Å². The Bertz CT molecular complexity index is 387. The summed E-state index contributed by atoms with van der Waals surface area (Å²) in [5, 5.41) is 4.88. The van der Waals surface area contributed by atoms with Crippen LogP contribution in [0.2, 0.25) is 0 Å². The van der Waals surface area contributed by atoms with Gasteiger partial charge in [0, 0.05) is 12.6 Å². The van der Waals surface area contributed by atoms with Crippen molar-refractivity contribution < 1.29 is 13.2 Å². The largest absolute Gasteiger partial charge is 0.476 e. The molecule has 0 bridgehead atoms. The molecule has 1 rings (SSSR count). The number of pyridine rings is 1. The van der Waals surface area contributed by atoms with Gasteiger partial charge in [-0.2, -0.15) is 0 Å². The summed E-state index contributed by atoms with van der Waals surface area (Å²) < 4.78 is 26.7. The van der Waals surface area contributed by atoms with Gasteiger partial charge in [0.2, 0.25) is 15.9 Å². The summed E-state index contributed by atoms with van der Waals surface area (Å²) in [6.07, 6.45) is 1.14. The average molecular weight is 217 g/mol. The number of primary sulfonamides is 1. The van der Waals surface area contributed by atoms with Gasteiger partial charge in [0.15, 0.2) is 0 Å². The molecule has 0 aliphatic rings. The van der Waals surface area contributed by atoms with E-state index in [9.17, 15) is 8.42 Å². The van der Waals surface area contributed by atoms with Crippen molar-refractivity contribution in [3.8, 4) is 5.88 Å². The van der Waals surface area contributed by atoms with Crippen LogP contribution in [-0.4, -0.2) is 26.6 Å². The molecule has 0 spiro atoms. The Morgan fingerprint density at radius 3 is 2.57 bits per heavy atom. The second kappa shape index (κ2) is 4.36. The van der Waals surface area contributed by atoms with Crippen LogP contribution in [0.1, 0.15) is 0 Å². The molecule has 4 N–H and O–H groups in total. The third-order valence-electron chi connectivity index (χ3n) is 1.41. The number of hydrogen-bond donors (Lipinski definition) is 2. The van der Waals surface area contributed by atoms with E-state index in [-0.39, 0.29) is 4.90 Å². The molecule has 0 aromatic carbocycles. The highest BCUT2D eigenvalue weighted by molar-refractivity contribution is 7.89. The minimum absolute atomic E-state index is 0.0439. The fourth-order valence-corrected chi connectivity index (χ4v) is 1.24.